The molecule has 0 radical (unpaired) electrons. The Labute approximate surface area is 113 Å². The normalized spacial score (nSPS) is 18.3. The Morgan fingerprint density at radius 2 is 1.94 bits per heavy atom. The fourth-order valence-corrected chi connectivity index (χ4v) is 2.73. The molecule has 96 valence electrons. The minimum absolute atomic E-state index is 0.156. The van der Waals surface area contributed by atoms with E-state index in [1.165, 1.54) is 0 Å². The maximum Gasteiger partial charge on any atom is 0.178 e. The Kier molecular flexibility index (Phi) is 3.07. The Balaban J connectivity index is 2.51. The zero-order chi connectivity index (χ0) is 13.5. The highest BCUT2D eigenvalue weighted by Gasteiger charge is 2.28. The van der Waals surface area contributed by atoms with Gasteiger partial charge >= 0.3 is 0 Å². The molecule has 0 atom stereocenters. The lowest BCUT2D eigenvalue weighted by Crippen LogP contribution is -2.53. The number of thiocarbonyl (C=S) groups is 1. The average Bonchev–Trinajstić information content (AvgIpc) is 2.20. The third kappa shape index (κ3) is 2.34. The van der Waals surface area contributed by atoms with Gasteiger partial charge in [0.25, 0.3) is 0 Å². The van der Waals surface area contributed by atoms with Gasteiger partial charge in [-0.3, -0.25) is 4.90 Å². The number of benzene rings is 1. The molecule has 1 aromatic rings. The van der Waals surface area contributed by atoms with Crippen LogP contribution in [0.5, 0.6) is 5.75 Å². The lowest BCUT2D eigenvalue weighted by atomic mass is 10.0. The van der Waals surface area contributed by atoms with Crippen LogP contribution in [0.3, 0.4) is 0 Å². The summed E-state index contributed by atoms with van der Waals surface area (Å²) in [6.45, 7) is 8.12. The molecule has 0 aliphatic carbocycles. The molecule has 0 saturated heterocycles. The average molecular weight is 262 g/mol. The first kappa shape index (κ1) is 12.9. The van der Waals surface area contributed by atoms with Crippen molar-refractivity contribution in [2.45, 2.75) is 33.2 Å². The fraction of sp³-hybridized carbons (Fsp3) is 0.357. The largest absolute Gasteiger partial charge is 0.506 e. The van der Waals surface area contributed by atoms with Crippen molar-refractivity contribution in [2.24, 2.45) is 0 Å². The monoisotopic (exact) mass is 262 g/mol. The van der Waals surface area contributed by atoms with Gasteiger partial charge in [0.05, 0.1) is 11.2 Å². The number of allylic oxidation sites excluding steroid dienone is 1. The summed E-state index contributed by atoms with van der Waals surface area (Å²) in [5.74, 6) is 0.234. The van der Waals surface area contributed by atoms with Gasteiger partial charge in [0.2, 0.25) is 0 Å². The molecule has 0 spiro atoms. The third-order valence-electron chi connectivity index (χ3n) is 2.93. The molecular weight excluding hydrogens is 244 g/mol. The van der Waals surface area contributed by atoms with E-state index < -0.39 is 0 Å². The Bertz CT molecular complexity index is 535. The number of aryl methyl sites for hydroxylation is 1. The number of anilines is 1. The molecule has 1 aliphatic heterocycles. The van der Waals surface area contributed by atoms with Gasteiger partial charge < -0.3 is 10.4 Å². The topological polar surface area (TPSA) is 35.5 Å². The second kappa shape index (κ2) is 4.28. The highest BCUT2D eigenvalue weighted by molar-refractivity contribution is 7.80. The molecule has 0 amide bonds. The molecule has 1 heterocycles. The van der Waals surface area contributed by atoms with Gasteiger partial charge in [0.15, 0.2) is 5.11 Å². The van der Waals surface area contributed by atoms with E-state index in [9.17, 15) is 5.11 Å². The molecule has 1 aromatic carbocycles. The van der Waals surface area contributed by atoms with E-state index in [0.29, 0.717) is 5.11 Å². The molecule has 0 unspecified atom stereocenters. The summed E-state index contributed by atoms with van der Waals surface area (Å²) in [6.07, 6.45) is 2.10. The summed E-state index contributed by atoms with van der Waals surface area (Å²) in [6, 6.07) is 5.50. The molecule has 4 heteroatoms. The van der Waals surface area contributed by atoms with E-state index in [1.807, 2.05) is 30.9 Å². The second-order valence-corrected chi connectivity index (χ2v) is 5.65. The van der Waals surface area contributed by atoms with Crippen molar-refractivity contribution in [3.8, 4) is 5.75 Å². The van der Waals surface area contributed by atoms with Crippen molar-refractivity contribution in [2.75, 3.05) is 4.90 Å². The van der Waals surface area contributed by atoms with Crippen LogP contribution in [0.25, 0.3) is 0 Å². The zero-order valence-corrected chi connectivity index (χ0v) is 11.9. The number of nitrogens with zero attached hydrogens (tertiary/aromatic N) is 1. The van der Waals surface area contributed by atoms with E-state index >= 15 is 0 Å². The van der Waals surface area contributed by atoms with Gasteiger partial charge in [0, 0.05) is 5.70 Å². The van der Waals surface area contributed by atoms with Gasteiger partial charge in [-0.1, -0.05) is 6.07 Å². The molecule has 18 heavy (non-hydrogen) atoms. The first-order chi connectivity index (χ1) is 8.30. The molecule has 0 fully saturated rings. The van der Waals surface area contributed by atoms with Crippen LogP contribution < -0.4 is 10.2 Å². The number of hydrogen-bond acceptors (Lipinski definition) is 2. The van der Waals surface area contributed by atoms with Crippen molar-refractivity contribution in [1.82, 2.24) is 5.32 Å². The summed E-state index contributed by atoms with van der Waals surface area (Å²) in [4.78, 5) is 1.86. The van der Waals surface area contributed by atoms with Crippen LogP contribution >= 0.6 is 12.2 Å². The van der Waals surface area contributed by atoms with Gasteiger partial charge in [-0.2, -0.15) is 0 Å². The van der Waals surface area contributed by atoms with E-state index in [0.717, 1.165) is 16.9 Å². The van der Waals surface area contributed by atoms with Crippen LogP contribution in [0, 0.1) is 6.92 Å². The zero-order valence-electron chi connectivity index (χ0n) is 11.1. The standard InChI is InChI=1S/C14H18N2OS/c1-9-5-6-12(17)11(7-9)16-10(2)8-14(3,4)15-13(16)18/h5-8,17H,1-4H3,(H,15,18). The molecule has 0 aromatic heterocycles. The molecule has 3 nitrogen and oxygen atoms in total. The number of phenolic OH excluding ortho intramolecular Hbond substituents is 1. The smallest absolute Gasteiger partial charge is 0.178 e. The molecule has 0 bridgehead atoms. The first-order valence-corrected chi connectivity index (χ1v) is 6.32. The SMILES string of the molecule is CC1=CC(C)(C)NC(=S)N1c1cc(C)ccc1O. The lowest BCUT2D eigenvalue weighted by Gasteiger charge is -2.38. The van der Waals surface area contributed by atoms with Crippen molar-refractivity contribution in [3.63, 3.8) is 0 Å². The van der Waals surface area contributed by atoms with Crippen LogP contribution in [0.4, 0.5) is 5.69 Å². The van der Waals surface area contributed by atoms with Gasteiger partial charge in [-0.15, -0.1) is 0 Å². The van der Waals surface area contributed by atoms with Gasteiger partial charge in [0.1, 0.15) is 5.75 Å². The van der Waals surface area contributed by atoms with E-state index in [-0.39, 0.29) is 11.3 Å². The summed E-state index contributed by atoms with van der Waals surface area (Å²) in [7, 11) is 0. The molecular formula is C14H18N2OS. The molecule has 1 aliphatic rings. The second-order valence-electron chi connectivity index (χ2n) is 5.27. The Hall–Kier alpha value is -1.55. The van der Waals surface area contributed by atoms with E-state index in [2.05, 4.69) is 25.2 Å². The minimum atomic E-state index is -0.156. The number of hydrogen-bond donors (Lipinski definition) is 2. The molecule has 2 N–H and O–H groups in total. The number of phenols is 1. The predicted molar refractivity (Wildman–Crippen MR) is 78.9 cm³/mol. The number of aromatic hydroxyl groups is 1. The summed E-state index contributed by atoms with van der Waals surface area (Å²) < 4.78 is 0. The van der Waals surface area contributed by atoms with Crippen molar-refractivity contribution >= 4 is 23.0 Å². The van der Waals surface area contributed by atoms with Crippen LogP contribution in [-0.2, 0) is 0 Å². The van der Waals surface area contributed by atoms with Crippen LogP contribution in [0.2, 0.25) is 0 Å². The first-order valence-electron chi connectivity index (χ1n) is 5.91. The Morgan fingerprint density at radius 3 is 2.56 bits per heavy atom. The maximum atomic E-state index is 10.00. The van der Waals surface area contributed by atoms with Crippen LogP contribution in [0.15, 0.2) is 30.0 Å². The van der Waals surface area contributed by atoms with Gasteiger partial charge in [-0.25, -0.2) is 0 Å². The van der Waals surface area contributed by atoms with Crippen molar-refractivity contribution in [1.29, 1.82) is 0 Å². The summed E-state index contributed by atoms with van der Waals surface area (Å²) in [5, 5.41) is 13.9. The Morgan fingerprint density at radius 1 is 1.28 bits per heavy atom. The van der Waals surface area contributed by atoms with Gasteiger partial charge in [-0.05, 0) is 63.7 Å². The maximum absolute atomic E-state index is 10.00. The lowest BCUT2D eigenvalue weighted by molar-refractivity contribution is 0.475. The van der Waals surface area contributed by atoms with E-state index in [1.54, 1.807) is 6.07 Å². The predicted octanol–water partition coefficient (Wildman–Crippen LogP) is 3.08. The highest BCUT2D eigenvalue weighted by Crippen LogP contribution is 2.33. The summed E-state index contributed by atoms with van der Waals surface area (Å²) >= 11 is 5.40. The van der Waals surface area contributed by atoms with Crippen molar-refractivity contribution in [3.05, 3.63) is 35.5 Å². The number of rotatable bonds is 1. The third-order valence-corrected chi connectivity index (χ3v) is 3.21. The highest BCUT2D eigenvalue weighted by atomic mass is 32.1. The molecule has 2 rings (SSSR count). The van der Waals surface area contributed by atoms with Crippen LogP contribution in [0.1, 0.15) is 26.3 Å². The summed E-state index contributed by atoms with van der Waals surface area (Å²) in [5.41, 5.74) is 2.67. The molecule has 0 saturated carbocycles. The van der Waals surface area contributed by atoms with Crippen molar-refractivity contribution < 1.29 is 5.11 Å². The fourth-order valence-electron chi connectivity index (χ4n) is 2.23. The minimum Gasteiger partial charge on any atom is -0.506 e. The van der Waals surface area contributed by atoms with Crippen LogP contribution in [-0.4, -0.2) is 15.8 Å². The van der Waals surface area contributed by atoms with E-state index in [4.69, 9.17) is 12.2 Å². The quantitative estimate of drug-likeness (QED) is 0.762. The number of nitrogens with one attached hydrogen (secondary N) is 1.